The van der Waals surface area contributed by atoms with Crippen molar-refractivity contribution in [1.29, 1.82) is 0 Å². The topological polar surface area (TPSA) is 35.5 Å². The Morgan fingerprint density at radius 3 is 2.44 bits per heavy atom. The molecule has 1 saturated heterocycles. The molecule has 18 heavy (non-hydrogen) atoms. The minimum Gasteiger partial charge on any atom is -0.396 e. The molecule has 3 aliphatic rings. The van der Waals surface area contributed by atoms with Gasteiger partial charge in [-0.05, 0) is 62.8 Å². The molecule has 3 rings (SSSR count). The van der Waals surface area contributed by atoms with Crippen molar-refractivity contribution in [2.45, 2.75) is 44.6 Å². The average Bonchev–Trinajstić information content (AvgIpc) is 3.22. The monoisotopic (exact) mass is 252 g/mol. The van der Waals surface area contributed by atoms with Crippen molar-refractivity contribution in [3.8, 4) is 0 Å². The van der Waals surface area contributed by atoms with Gasteiger partial charge in [0.1, 0.15) is 0 Å². The van der Waals surface area contributed by atoms with E-state index in [0.29, 0.717) is 18.6 Å². The number of nitrogens with one attached hydrogen (secondary N) is 1. The van der Waals surface area contributed by atoms with Gasteiger partial charge in [0.15, 0.2) is 0 Å². The zero-order valence-corrected chi connectivity index (χ0v) is 11.5. The summed E-state index contributed by atoms with van der Waals surface area (Å²) in [5, 5.41) is 12.9. The van der Waals surface area contributed by atoms with E-state index in [1.807, 2.05) is 0 Å². The third-order valence-electron chi connectivity index (χ3n) is 4.76. The fraction of sp³-hybridized carbons (Fsp3) is 1.00. The van der Waals surface area contributed by atoms with E-state index in [4.69, 9.17) is 0 Å². The zero-order valence-electron chi connectivity index (χ0n) is 11.5. The van der Waals surface area contributed by atoms with Gasteiger partial charge in [0.05, 0.1) is 0 Å². The van der Waals surface area contributed by atoms with Crippen LogP contribution >= 0.6 is 0 Å². The van der Waals surface area contributed by atoms with E-state index >= 15 is 0 Å². The standard InChI is InChI=1S/C15H28N2O/c18-6-5-14-7-15(16-8-12-1-2-12)11-17(10-14)9-13-3-4-13/h12-16,18H,1-11H2. The number of rotatable bonds is 7. The van der Waals surface area contributed by atoms with Crippen LogP contribution in [-0.4, -0.2) is 48.8 Å². The van der Waals surface area contributed by atoms with Crippen molar-refractivity contribution in [2.75, 3.05) is 32.8 Å². The fourth-order valence-corrected chi connectivity index (χ4v) is 3.31. The predicted octanol–water partition coefficient (Wildman–Crippen LogP) is 1.47. The molecule has 3 heteroatoms. The van der Waals surface area contributed by atoms with E-state index in [-0.39, 0.29) is 0 Å². The number of nitrogens with zero attached hydrogens (tertiary/aromatic N) is 1. The maximum Gasteiger partial charge on any atom is 0.0434 e. The van der Waals surface area contributed by atoms with Gasteiger partial charge in [-0.2, -0.15) is 0 Å². The highest BCUT2D eigenvalue weighted by Crippen LogP contribution is 2.32. The van der Waals surface area contributed by atoms with Crippen molar-refractivity contribution in [3.63, 3.8) is 0 Å². The Balaban J connectivity index is 1.47. The van der Waals surface area contributed by atoms with E-state index in [2.05, 4.69) is 10.2 Å². The Morgan fingerprint density at radius 1 is 1.00 bits per heavy atom. The van der Waals surface area contributed by atoms with Crippen LogP contribution < -0.4 is 5.32 Å². The van der Waals surface area contributed by atoms with Crippen molar-refractivity contribution in [1.82, 2.24) is 10.2 Å². The number of aliphatic hydroxyl groups is 1. The second-order valence-electron chi connectivity index (χ2n) is 6.82. The molecule has 1 heterocycles. The Labute approximate surface area is 111 Å². The van der Waals surface area contributed by atoms with E-state index in [1.54, 1.807) is 0 Å². The zero-order chi connectivity index (χ0) is 12.4. The molecule has 2 unspecified atom stereocenters. The molecule has 0 bridgehead atoms. The predicted molar refractivity (Wildman–Crippen MR) is 73.5 cm³/mol. The van der Waals surface area contributed by atoms with Gasteiger partial charge in [0.25, 0.3) is 0 Å². The largest absolute Gasteiger partial charge is 0.396 e. The summed E-state index contributed by atoms with van der Waals surface area (Å²) in [4.78, 5) is 2.66. The SMILES string of the molecule is OCCC1CC(NCC2CC2)CN(CC2CC2)C1. The molecule has 2 atom stereocenters. The van der Waals surface area contributed by atoms with Crippen LogP contribution in [0.25, 0.3) is 0 Å². The van der Waals surface area contributed by atoms with E-state index < -0.39 is 0 Å². The van der Waals surface area contributed by atoms with Gasteiger partial charge in [-0.3, -0.25) is 0 Å². The van der Waals surface area contributed by atoms with Gasteiger partial charge in [-0.1, -0.05) is 0 Å². The molecule has 0 spiro atoms. The molecule has 0 radical (unpaired) electrons. The lowest BCUT2D eigenvalue weighted by Crippen LogP contribution is -2.50. The number of hydrogen-bond donors (Lipinski definition) is 2. The molecular formula is C15H28N2O. The highest BCUT2D eigenvalue weighted by Gasteiger charge is 2.32. The Kier molecular flexibility index (Phi) is 4.22. The van der Waals surface area contributed by atoms with E-state index in [0.717, 1.165) is 18.3 Å². The molecule has 0 aromatic heterocycles. The highest BCUT2D eigenvalue weighted by molar-refractivity contribution is 4.88. The molecule has 2 saturated carbocycles. The van der Waals surface area contributed by atoms with Crippen LogP contribution in [-0.2, 0) is 0 Å². The average molecular weight is 252 g/mol. The second kappa shape index (κ2) is 5.89. The summed E-state index contributed by atoms with van der Waals surface area (Å²) in [6, 6.07) is 0.676. The molecule has 3 fully saturated rings. The summed E-state index contributed by atoms with van der Waals surface area (Å²) < 4.78 is 0. The first kappa shape index (κ1) is 12.9. The quantitative estimate of drug-likeness (QED) is 0.720. The summed E-state index contributed by atoms with van der Waals surface area (Å²) in [5.74, 6) is 2.67. The third-order valence-corrected chi connectivity index (χ3v) is 4.76. The van der Waals surface area contributed by atoms with E-state index in [1.165, 1.54) is 58.3 Å². The van der Waals surface area contributed by atoms with Crippen LogP contribution in [0.2, 0.25) is 0 Å². The summed E-state index contributed by atoms with van der Waals surface area (Å²) in [6.07, 6.45) is 8.02. The lowest BCUT2D eigenvalue weighted by Gasteiger charge is -2.38. The van der Waals surface area contributed by atoms with Crippen LogP contribution in [0, 0.1) is 17.8 Å². The van der Waals surface area contributed by atoms with Crippen LogP contribution in [0.1, 0.15) is 38.5 Å². The molecule has 104 valence electrons. The first-order chi connectivity index (χ1) is 8.83. The molecule has 0 aromatic rings. The smallest absolute Gasteiger partial charge is 0.0434 e. The number of aliphatic hydroxyl groups excluding tert-OH is 1. The normalized spacial score (nSPS) is 33.8. The minimum absolute atomic E-state index is 0.358. The van der Waals surface area contributed by atoms with Crippen molar-refractivity contribution in [3.05, 3.63) is 0 Å². The third kappa shape index (κ3) is 3.94. The molecule has 2 N–H and O–H groups in total. The minimum atomic E-state index is 0.358. The van der Waals surface area contributed by atoms with Crippen LogP contribution in [0.15, 0.2) is 0 Å². The number of piperidine rings is 1. The Hall–Kier alpha value is -0.120. The van der Waals surface area contributed by atoms with Crippen LogP contribution in [0.3, 0.4) is 0 Å². The Bertz CT molecular complexity index is 263. The number of hydrogen-bond acceptors (Lipinski definition) is 3. The van der Waals surface area contributed by atoms with Crippen LogP contribution in [0.5, 0.6) is 0 Å². The first-order valence-electron chi connectivity index (χ1n) is 7.90. The van der Waals surface area contributed by atoms with Gasteiger partial charge in [-0.15, -0.1) is 0 Å². The first-order valence-corrected chi connectivity index (χ1v) is 7.90. The molecule has 3 nitrogen and oxygen atoms in total. The second-order valence-corrected chi connectivity index (χ2v) is 6.82. The molecule has 2 aliphatic carbocycles. The summed E-state index contributed by atoms with van der Waals surface area (Å²) in [5.41, 5.74) is 0. The molecule has 1 aliphatic heterocycles. The van der Waals surface area contributed by atoms with Gasteiger partial charge < -0.3 is 15.3 Å². The van der Waals surface area contributed by atoms with Gasteiger partial charge in [0, 0.05) is 32.3 Å². The van der Waals surface area contributed by atoms with Gasteiger partial charge >= 0.3 is 0 Å². The maximum absolute atomic E-state index is 9.17. The Morgan fingerprint density at radius 2 is 1.78 bits per heavy atom. The van der Waals surface area contributed by atoms with Crippen molar-refractivity contribution < 1.29 is 5.11 Å². The fourth-order valence-electron chi connectivity index (χ4n) is 3.31. The lowest BCUT2D eigenvalue weighted by molar-refractivity contribution is 0.116. The number of likely N-dealkylation sites (tertiary alicyclic amines) is 1. The molecular weight excluding hydrogens is 224 g/mol. The van der Waals surface area contributed by atoms with Crippen LogP contribution in [0.4, 0.5) is 0 Å². The van der Waals surface area contributed by atoms with Crippen molar-refractivity contribution >= 4 is 0 Å². The summed E-state index contributed by atoms with van der Waals surface area (Å²) in [7, 11) is 0. The van der Waals surface area contributed by atoms with E-state index in [9.17, 15) is 5.11 Å². The van der Waals surface area contributed by atoms with Gasteiger partial charge in [-0.25, -0.2) is 0 Å². The lowest BCUT2D eigenvalue weighted by atomic mass is 9.91. The molecule has 0 amide bonds. The van der Waals surface area contributed by atoms with Crippen molar-refractivity contribution in [2.24, 2.45) is 17.8 Å². The van der Waals surface area contributed by atoms with Gasteiger partial charge in [0.2, 0.25) is 0 Å². The summed E-state index contributed by atoms with van der Waals surface area (Å²) in [6.45, 7) is 5.36. The summed E-state index contributed by atoms with van der Waals surface area (Å²) >= 11 is 0. The molecule has 0 aromatic carbocycles. The highest BCUT2D eigenvalue weighted by atomic mass is 16.3. The maximum atomic E-state index is 9.17.